The first-order valence-electron chi connectivity index (χ1n) is 43.3. The number of hydrazine groups is 3. The first kappa shape index (κ1) is 97.4. The van der Waals surface area contributed by atoms with Gasteiger partial charge in [-0.05, 0) is 193 Å². The molecule has 0 atom stereocenters. The molecule has 0 spiro atoms. The molecule has 0 bridgehead atoms. The predicted octanol–water partition coefficient (Wildman–Crippen LogP) is 16.5. The van der Waals surface area contributed by atoms with Crippen LogP contribution in [0, 0.1) is 56.3 Å². The average molecular weight is 2040 g/mol. The van der Waals surface area contributed by atoms with E-state index in [4.69, 9.17) is 89.6 Å². The second-order valence-corrected chi connectivity index (χ2v) is 43.4. The van der Waals surface area contributed by atoms with Gasteiger partial charge >= 0.3 is 0 Å². The van der Waals surface area contributed by atoms with Crippen molar-refractivity contribution in [3.8, 4) is 84.3 Å². The summed E-state index contributed by atoms with van der Waals surface area (Å²) in [4.78, 5) is 46.0. The number of amides is 3. The van der Waals surface area contributed by atoms with Crippen molar-refractivity contribution in [3.05, 3.63) is 276 Å². The van der Waals surface area contributed by atoms with Crippen molar-refractivity contribution in [1.82, 2.24) is 87.7 Å². The molecule has 6 aliphatic rings. The van der Waals surface area contributed by atoms with Crippen LogP contribution in [0.4, 0.5) is 0 Å². The van der Waals surface area contributed by atoms with Crippen LogP contribution >= 0.6 is 104 Å². The number of carbonyl (C=O) groups excluding carboxylic acids is 3. The average Bonchev–Trinajstić information content (AvgIpc) is 1.61. The Bertz CT molecular complexity index is 6670. The van der Waals surface area contributed by atoms with Crippen LogP contribution in [0.1, 0.15) is 160 Å². The molecule has 0 aliphatic carbocycles. The van der Waals surface area contributed by atoms with Gasteiger partial charge in [-0.15, -0.1) is 38.3 Å². The zero-order chi connectivity index (χ0) is 94.0. The molecule has 3 amide bonds. The molecule has 0 unspecified atom stereocenters. The third-order valence-corrected chi connectivity index (χ3v) is 31.7. The summed E-state index contributed by atoms with van der Waals surface area (Å²) >= 11 is 42.9. The molecule has 6 N–H and O–H groups in total. The summed E-state index contributed by atoms with van der Waals surface area (Å²) in [6, 6.07) is 50.3. The minimum atomic E-state index is -3.88. The molecule has 0 saturated carbocycles. The topological polar surface area (TPSA) is 308 Å². The zero-order valence-corrected chi connectivity index (χ0v) is 82.4. The number of carbonyl (C=O) groups is 3. The highest BCUT2D eigenvalue weighted by atomic mass is 35.5. The molecule has 40 heteroatoms. The Balaban J connectivity index is 0.000000146. The highest BCUT2D eigenvalue weighted by molar-refractivity contribution is 7.87. The maximum Gasteiger partial charge on any atom is 0.286 e. The molecule has 6 saturated heterocycles. The van der Waals surface area contributed by atoms with Crippen LogP contribution in [-0.2, 0) is 55.0 Å². The molecular weight excluding hydrogens is 1950 g/mol. The van der Waals surface area contributed by atoms with E-state index in [-0.39, 0.29) is 50.2 Å². The van der Waals surface area contributed by atoms with Gasteiger partial charge < -0.3 is 4.74 Å². The molecule has 696 valence electrons. The Morgan fingerprint density at radius 2 is 0.627 bits per heavy atom. The lowest BCUT2D eigenvalue weighted by molar-refractivity contribution is -0.0885. The summed E-state index contributed by atoms with van der Waals surface area (Å²) in [5, 5.41) is 22.2. The van der Waals surface area contributed by atoms with Crippen molar-refractivity contribution >= 4 is 152 Å². The van der Waals surface area contributed by atoms with Crippen LogP contribution in [-0.4, -0.2) is 179 Å². The lowest BCUT2D eigenvalue weighted by Gasteiger charge is -2.29. The van der Waals surface area contributed by atoms with E-state index >= 15 is 0 Å². The number of piperidine rings is 3. The van der Waals surface area contributed by atoms with E-state index in [1.54, 1.807) is 68.6 Å². The van der Waals surface area contributed by atoms with Gasteiger partial charge in [0.2, 0.25) is 0 Å². The Labute approximate surface area is 820 Å². The number of hydrogen-bond acceptors (Lipinski definition) is 19. The number of rotatable bonds is 24. The van der Waals surface area contributed by atoms with Gasteiger partial charge in [-0.3, -0.25) is 30.7 Å². The van der Waals surface area contributed by atoms with Gasteiger partial charge in [0.1, 0.15) is 13.5 Å². The summed E-state index contributed by atoms with van der Waals surface area (Å²) in [6.07, 6.45) is 9.96. The van der Waals surface area contributed by atoms with Crippen molar-refractivity contribution in [2.75, 3.05) is 78.9 Å². The monoisotopic (exact) mass is 2030 g/mol. The zero-order valence-electron chi connectivity index (χ0n) is 72.9. The Kier molecular flexibility index (Phi) is 31.8. The minimum absolute atomic E-state index is 0.0436. The maximum atomic E-state index is 13.8. The fourth-order valence-corrected chi connectivity index (χ4v) is 22.5. The van der Waals surface area contributed by atoms with Gasteiger partial charge in [0.25, 0.3) is 48.3 Å². The Hall–Kier alpha value is -9.67. The molecule has 134 heavy (non-hydrogen) atoms. The van der Waals surface area contributed by atoms with Crippen LogP contribution < -0.4 is 30.4 Å². The Morgan fingerprint density at radius 3 is 0.881 bits per heavy atom. The third-order valence-electron chi connectivity index (χ3n) is 22.5. The second kappa shape index (κ2) is 43.8. The molecule has 6 aliphatic heterocycles. The van der Waals surface area contributed by atoms with Gasteiger partial charge in [0, 0.05) is 134 Å². The quantitative estimate of drug-likeness (QED) is 0.0242. The fourth-order valence-electron chi connectivity index (χ4n) is 15.0. The minimum Gasteiger partial charge on any atom is -0.348 e. The van der Waals surface area contributed by atoms with Gasteiger partial charge in [0.15, 0.2) is 17.1 Å². The summed E-state index contributed by atoms with van der Waals surface area (Å²) in [7, 11) is -11.4. The lowest BCUT2D eigenvalue weighted by atomic mass is 10.1. The maximum absolute atomic E-state index is 13.8. The number of thiophene rings is 3. The molecule has 12 heterocycles. The van der Waals surface area contributed by atoms with Gasteiger partial charge in [-0.2, -0.15) is 63.3 Å². The SMILES string of the molecule is Cc1ccc(C#Cc2ccc(-c3c(CNS(=O)(=O)N4CC4)c(C(=O)NN4CCCCC4)nn3-c3ccc(Cl)cc3Cl)s2)cc1.Cc1ccc(C#Cc2ccc(-c3c(CNS(=O)(=O)N4CCC4)c(C(=O)NN4CCCCC4)nn3-c3ccc(Cl)cc3Cl)s2)cc1.Cc1ccc(C#Cc2ccc(-c3c(CNS(=O)(=O)N4COC4)c(C(=O)NN4CCCCC4)nn3-c3ccc(Cl)cc3Cl)s2)cc1. The van der Waals surface area contributed by atoms with Gasteiger partial charge in [-0.1, -0.05) is 177 Å². The third kappa shape index (κ3) is 24.3. The first-order chi connectivity index (χ1) is 64.5. The number of nitrogens with zero attached hydrogens (tertiary/aromatic N) is 12. The molecule has 6 fully saturated rings. The summed E-state index contributed by atoms with van der Waals surface area (Å²) in [5.74, 6) is 18.0. The highest BCUT2D eigenvalue weighted by Crippen LogP contribution is 2.42. The number of benzene rings is 6. The Morgan fingerprint density at radius 1 is 0.343 bits per heavy atom. The van der Waals surface area contributed by atoms with E-state index in [0.717, 1.165) is 157 Å². The molecule has 12 aromatic rings. The largest absolute Gasteiger partial charge is 0.348 e. The summed E-state index contributed by atoms with van der Waals surface area (Å²) in [6.45, 7) is 11.7. The van der Waals surface area contributed by atoms with Crippen LogP contribution in [0.5, 0.6) is 0 Å². The van der Waals surface area contributed by atoms with E-state index in [9.17, 15) is 39.6 Å². The standard InChI is InChI=1S/C32H32Cl2N6O3S2.C31H30Cl2N6O4S2.C31H30Cl2N6O3S2/c1-22-6-8-23(9-7-22)10-12-25-13-15-29(44-25)31-26(21-35-45(42,43)39-18-5-19-39)30(32(41)37-38-16-3-2-4-17-38)36-40(31)28-14-11-24(33)20-27(28)34;1-21-5-7-22(8-6-21)9-11-24-12-14-28(44-24)30-25(18-34-45(41,42)38-19-43-20-38)29(31(40)36-37-15-3-2-4-16-37)35-39(30)27-13-10-23(32)17-26(27)33;1-21-5-7-22(8-6-21)9-11-24-12-14-28(43-24)30-25(20-34-44(41,42)38-17-18-38)29(31(40)36-37-15-3-2-4-16-37)35-39(30)27-13-10-23(32)19-26(27)33/h6-9,11,13-15,20,35H,2-5,16-19,21H2,1H3,(H,37,41);5-8,10,12-14,17,34H,2-4,15-16,18-20H2,1H3,(H,36,40);5-8,10,12-14,19,34H,2-4,15-18,20H2,1H3,(H,36,40). The molecule has 6 aromatic heterocycles. The number of aryl methyl sites for hydroxylation is 3. The molecular formula is C94H92Cl6N18O10S6. The van der Waals surface area contributed by atoms with E-state index in [1.165, 1.54) is 42.6 Å². The molecule has 6 aromatic carbocycles. The van der Waals surface area contributed by atoms with Crippen LogP contribution in [0.15, 0.2) is 164 Å². The van der Waals surface area contributed by atoms with Crippen molar-refractivity contribution < 1.29 is 44.4 Å². The van der Waals surface area contributed by atoms with E-state index < -0.39 is 48.3 Å². The van der Waals surface area contributed by atoms with E-state index in [2.05, 4.69) is 66.0 Å². The number of halogens is 6. The molecule has 0 radical (unpaired) electrons. The molecule has 28 nitrogen and oxygen atoms in total. The second-order valence-electron chi connectivity index (χ2n) is 32.4. The summed E-state index contributed by atoms with van der Waals surface area (Å²) in [5.41, 5.74) is 19.7. The van der Waals surface area contributed by atoms with Crippen molar-refractivity contribution in [2.24, 2.45) is 0 Å². The smallest absolute Gasteiger partial charge is 0.286 e. The predicted molar refractivity (Wildman–Crippen MR) is 529 cm³/mol. The van der Waals surface area contributed by atoms with Gasteiger partial charge in [-0.25, -0.2) is 29.1 Å². The molecule has 18 rings (SSSR count). The normalized spacial score (nSPS) is 15.6. The van der Waals surface area contributed by atoms with Crippen molar-refractivity contribution in [3.63, 3.8) is 0 Å². The number of nitrogens with one attached hydrogen (secondary N) is 6. The van der Waals surface area contributed by atoms with Crippen LogP contribution in [0.2, 0.25) is 30.1 Å². The summed E-state index contributed by atoms with van der Waals surface area (Å²) < 4.78 is 99.5. The van der Waals surface area contributed by atoms with Crippen LogP contribution in [0.25, 0.3) is 48.8 Å². The lowest BCUT2D eigenvalue weighted by Crippen LogP contribution is -2.49. The van der Waals surface area contributed by atoms with E-state index in [1.807, 2.05) is 145 Å². The van der Waals surface area contributed by atoms with Crippen molar-refractivity contribution in [1.29, 1.82) is 0 Å². The van der Waals surface area contributed by atoms with Gasteiger partial charge in [0.05, 0.1) is 78.5 Å². The number of aromatic nitrogens is 6. The van der Waals surface area contributed by atoms with Crippen LogP contribution in [0.3, 0.4) is 0 Å². The number of ether oxygens (including phenoxy) is 1. The van der Waals surface area contributed by atoms with Crippen molar-refractivity contribution in [2.45, 2.75) is 105 Å². The van der Waals surface area contributed by atoms with E-state index in [0.29, 0.717) is 120 Å². The first-order valence-corrected chi connectivity index (χ1v) is 52.4. The highest BCUT2D eigenvalue weighted by Gasteiger charge is 2.38. The number of hydrogen-bond donors (Lipinski definition) is 6. The fraction of sp³-hybridized carbons (Fsp3) is 0.298.